The number of nitrogens with one attached hydrogen (secondary N) is 2. The Morgan fingerprint density at radius 3 is 2.05 bits per heavy atom. The zero-order chi connectivity index (χ0) is 16.9. The van der Waals surface area contributed by atoms with Crippen molar-refractivity contribution < 1.29 is 14.3 Å². The van der Waals surface area contributed by atoms with Gasteiger partial charge in [-0.05, 0) is 51.3 Å². The summed E-state index contributed by atoms with van der Waals surface area (Å²) >= 11 is 0. The Labute approximate surface area is 132 Å². The van der Waals surface area contributed by atoms with Gasteiger partial charge in [-0.15, -0.1) is 0 Å². The molecule has 0 aromatic heterocycles. The van der Waals surface area contributed by atoms with Gasteiger partial charge in [-0.2, -0.15) is 0 Å². The van der Waals surface area contributed by atoms with Gasteiger partial charge in [-0.1, -0.05) is 26.0 Å². The van der Waals surface area contributed by atoms with Crippen molar-refractivity contribution in [3.63, 3.8) is 0 Å². The average Bonchev–Trinajstić information content (AvgIpc) is 2.36. The third-order valence-corrected chi connectivity index (χ3v) is 2.97. The molecule has 1 aromatic carbocycles. The summed E-state index contributed by atoms with van der Waals surface area (Å²) in [5.41, 5.74) is 1.32. The molecule has 1 aromatic rings. The summed E-state index contributed by atoms with van der Waals surface area (Å²) in [6, 6.07) is 6.99. The van der Waals surface area contributed by atoms with E-state index in [2.05, 4.69) is 24.5 Å². The number of anilines is 1. The van der Waals surface area contributed by atoms with Gasteiger partial charge in [-0.3, -0.25) is 4.79 Å². The first-order valence-corrected chi connectivity index (χ1v) is 7.49. The summed E-state index contributed by atoms with van der Waals surface area (Å²) in [5, 5.41) is 5.28. The average molecular weight is 306 g/mol. The number of ether oxygens (including phenoxy) is 1. The van der Waals surface area contributed by atoms with Crippen LogP contribution in [0.2, 0.25) is 0 Å². The molecule has 5 nitrogen and oxygen atoms in total. The highest BCUT2D eigenvalue weighted by Gasteiger charge is 2.21. The standard InChI is InChI=1S/C17H26N2O3/c1-11(2)13-7-9-14(10-8-13)19-15(20)12(3)18-16(21)22-17(4,5)6/h7-12H,1-6H3,(H,18,21)(H,19,20). The Morgan fingerprint density at radius 2 is 1.59 bits per heavy atom. The molecule has 0 fully saturated rings. The van der Waals surface area contributed by atoms with E-state index >= 15 is 0 Å². The van der Waals surface area contributed by atoms with Crippen molar-refractivity contribution in [1.82, 2.24) is 5.32 Å². The van der Waals surface area contributed by atoms with Crippen LogP contribution in [0.5, 0.6) is 0 Å². The van der Waals surface area contributed by atoms with Gasteiger partial charge in [0.05, 0.1) is 0 Å². The molecule has 2 N–H and O–H groups in total. The molecule has 1 atom stereocenters. The van der Waals surface area contributed by atoms with Crippen molar-refractivity contribution >= 4 is 17.7 Å². The van der Waals surface area contributed by atoms with E-state index in [1.165, 1.54) is 5.56 Å². The molecule has 0 saturated heterocycles. The molecule has 1 unspecified atom stereocenters. The van der Waals surface area contributed by atoms with E-state index in [4.69, 9.17) is 4.74 Å². The van der Waals surface area contributed by atoms with Crippen molar-refractivity contribution in [2.75, 3.05) is 5.32 Å². The lowest BCUT2D eigenvalue weighted by Gasteiger charge is -2.21. The number of rotatable bonds is 4. The van der Waals surface area contributed by atoms with Gasteiger partial charge in [0.1, 0.15) is 11.6 Å². The predicted molar refractivity (Wildman–Crippen MR) is 88.0 cm³/mol. The molecule has 1 rings (SSSR count). The molecule has 0 aliphatic rings. The second-order valence-electron chi connectivity index (χ2n) is 6.63. The lowest BCUT2D eigenvalue weighted by Crippen LogP contribution is -2.43. The van der Waals surface area contributed by atoms with Crippen molar-refractivity contribution in [1.29, 1.82) is 0 Å². The molecule has 0 bridgehead atoms. The zero-order valence-electron chi connectivity index (χ0n) is 14.2. The van der Waals surface area contributed by atoms with Crippen LogP contribution in [0.3, 0.4) is 0 Å². The van der Waals surface area contributed by atoms with Gasteiger partial charge >= 0.3 is 6.09 Å². The van der Waals surface area contributed by atoms with Gasteiger partial charge < -0.3 is 15.4 Å². The summed E-state index contributed by atoms with van der Waals surface area (Å²) in [7, 11) is 0. The molecule has 122 valence electrons. The van der Waals surface area contributed by atoms with E-state index in [1.54, 1.807) is 27.7 Å². The van der Waals surface area contributed by atoms with Crippen molar-refractivity contribution in [2.24, 2.45) is 0 Å². The Kier molecular flexibility index (Phi) is 5.97. The van der Waals surface area contributed by atoms with Gasteiger partial charge in [-0.25, -0.2) is 4.79 Å². The van der Waals surface area contributed by atoms with Crippen LogP contribution < -0.4 is 10.6 Å². The topological polar surface area (TPSA) is 67.4 Å². The maximum absolute atomic E-state index is 12.1. The maximum atomic E-state index is 12.1. The third kappa shape index (κ3) is 6.16. The van der Waals surface area contributed by atoms with Crippen molar-refractivity contribution in [3.8, 4) is 0 Å². The molecular formula is C17H26N2O3. The van der Waals surface area contributed by atoms with E-state index < -0.39 is 17.7 Å². The largest absolute Gasteiger partial charge is 0.444 e. The predicted octanol–water partition coefficient (Wildman–Crippen LogP) is 3.66. The Bertz CT molecular complexity index is 516. The van der Waals surface area contributed by atoms with Crippen LogP contribution in [0.15, 0.2) is 24.3 Å². The van der Waals surface area contributed by atoms with Gasteiger partial charge in [0.2, 0.25) is 5.91 Å². The summed E-state index contributed by atoms with van der Waals surface area (Å²) in [4.78, 5) is 23.7. The lowest BCUT2D eigenvalue weighted by molar-refractivity contribution is -0.117. The van der Waals surface area contributed by atoms with Crippen LogP contribution in [0.4, 0.5) is 10.5 Å². The zero-order valence-corrected chi connectivity index (χ0v) is 14.2. The number of benzene rings is 1. The van der Waals surface area contributed by atoms with Gasteiger partial charge in [0.15, 0.2) is 0 Å². The summed E-state index contributed by atoms with van der Waals surface area (Å²) in [6.45, 7) is 11.2. The normalized spacial score (nSPS) is 12.7. The monoisotopic (exact) mass is 306 g/mol. The van der Waals surface area contributed by atoms with E-state index in [9.17, 15) is 9.59 Å². The molecule has 0 aliphatic carbocycles. The summed E-state index contributed by atoms with van der Waals surface area (Å²) in [6.07, 6.45) is -0.606. The molecule has 2 amide bonds. The second-order valence-corrected chi connectivity index (χ2v) is 6.63. The van der Waals surface area contributed by atoms with Crippen LogP contribution in [0.25, 0.3) is 0 Å². The van der Waals surface area contributed by atoms with E-state index in [-0.39, 0.29) is 5.91 Å². The smallest absolute Gasteiger partial charge is 0.408 e. The number of alkyl carbamates (subject to hydrolysis) is 1. The first-order valence-electron chi connectivity index (χ1n) is 7.49. The number of carbonyl (C=O) groups excluding carboxylic acids is 2. The highest BCUT2D eigenvalue weighted by atomic mass is 16.6. The van der Waals surface area contributed by atoms with E-state index in [0.717, 1.165) is 0 Å². The van der Waals surface area contributed by atoms with Crippen LogP contribution in [-0.4, -0.2) is 23.6 Å². The minimum atomic E-state index is -0.681. The molecule has 0 saturated carbocycles. The number of amides is 2. The molecule has 0 radical (unpaired) electrons. The van der Waals surface area contributed by atoms with Gasteiger partial charge in [0, 0.05) is 5.69 Å². The molecule has 0 aliphatic heterocycles. The van der Waals surface area contributed by atoms with E-state index in [1.807, 2.05) is 24.3 Å². The van der Waals surface area contributed by atoms with Crippen LogP contribution >= 0.6 is 0 Å². The van der Waals surface area contributed by atoms with Crippen LogP contribution in [0.1, 0.15) is 53.0 Å². The van der Waals surface area contributed by atoms with Crippen LogP contribution in [0, 0.1) is 0 Å². The Morgan fingerprint density at radius 1 is 1.05 bits per heavy atom. The van der Waals surface area contributed by atoms with Gasteiger partial charge in [0.25, 0.3) is 0 Å². The van der Waals surface area contributed by atoms with E-state index in [0.29, 0.717) is 11.6 Å². The highest BCUT2D eigenvalue weighted by molar-refractivity contribution is 5.96. The quantitative estimate of drug-likeness (QED) is 0.892. The fraction of sp³-hybridized carbons (Fsp3) is 0.529. The molecular weight excluding hydrogens is 280 g/mol. The molecule has 0 heterocycles. The third-order valence-electron chi connectivity index (χ3n) is 2.97. The highest BCUT2D eigenvalue weighted by Crippen LogP contribution is 2.17. The minimum Gasteiger partial charge on any atom is -0.444 e. The summed E-state index contributed by atoms with van der Waals surface area (Å²) < 4.78 is 5.12. The fourth-order valence-corrected chi connectivity index (χ4v) is 1.75. The van der Waals surface area contributed by atoms with Crippen molar-refractivity contribution in [2.45, 2.75) is 59.1 Å². The molecule has 5 heteroatoms. The number of hydrogen-bond donors (Lipinski definition) is 2. The molecule has 0 spiro atoms. The van der Waals surface area contributed by atoms with Crippen molar-refractivity contribution in [3.05, 3.63) is 29.8 Å². The van der Waals surface area contributed by atoms with Crippen LogP contribution in [-0.2, 0) is 9.53 Å². The first-order chi connectivity index (χ1) is 10.1. The Hall–Kier alpha value is -2.04. The summed E-state index contributed by atoms with van der Waals surface area (Å²) in [5.74, 6) is 0.153. The minimum absolute atomic E-state index is 0.289. The Balaban J connectivity index is 2.55. The SMILES string of the molecule is CC(NC(=O)OC(C)(C)C)C(=O)Nc1ccc(C(C)C)cc1. The first kappa shape index (κ1) is 18.0. The second kappa shape index (κ2) is 7.29. The number of hydrogen-bond acceptors (Lipinski definition) is 3. The molecule has 22 heavy (non-hydrogen) atoms. The number of carbonyl (C=O) groups is 2. The lowest BCUT2D eigenvalue weighted by atomic mass is 10.0. The fourth-order valence-electron chi connectivity index (χ4n) is 1.75. The maximum Gasteiger partial charge on any atom is 0.408 e.